The van der Waals surface area contributed by atoms with Crippen LogP contribution >= 0.6 is 0 Å². The summed E-state index contributed by atoms with van der Waals surface area (Å²) in [5.74, 6) is -0.915. The molecule has 104 valence electrons. The molecule has 0 N–H and O–H groups in total. The first-order chi connectivity index (χ1) is 9.29. The van der Waals surface area contributed by atoms with Crippen molar-refractivity contribution in [2.75, 3.05) is 0 Å². The van der Waals surface area contributed by atoms with Crippen molar-refractivity contribution in [2.24, 2.45) is 0 Å². The van der Waals surface area contributed by atoms with Gasteiger partial charge < -0.3 is 0 Å². The Morgan fingerprint density at radius 1 is 1.00 bits per heavy atom. The molecular formula is C15H10F4O. The van der Waals surface area contributed by atoms with Crippen LogP contribution in [0.3, 0.4) is 0 Å². The lowest BCUT2D eigenvalue weighted by atomic mass is 9.97. The maximum absolute atomic E-state index is 12.8. The molecule has 2 rings (SSSR count). The van der Waals surface area contributed by atoms with Gasteiger partial charge in [-0.1, -0.05) is 6.07 Å². The van der Waals surface area contributed by atoms with Crippen molar-refractivity contribution >= 4 is 5.78 Å². The standard InChI is InChI=1S/C15H10F4O/c1-9-8-11(15(17,18)19)4-7-13(9)14(20)10-2-5-12(16)6-3-10/h2-8H,1H3. The van der Waals surface area contributed by atoms with Crippen molar-refractivity contribution in [3.63, 3.8) is 0 Å². The van der Waals surface area contributed by atoms with Gasteiger partial charge in [-0.05, 0) is 48.9 Å². The molecule has 0 amide bonds. The summed E-state index contributed by atoms with van der Waals surface area (Å²) >= 11 is 0. The lowest BCUT2D eigenvalue weighted by Gasteiger charge is -2.10. The Morgan fingerprint density at radius 2 is 1.60 bits per heavy atom. The van der Waals surface area contributed by atoms with Crippen LogP contribution in [-0.4, -0.2) is 5.78 Å². The van der Waals surface area contributed by atoms with Gasteiger partial charge in [-0.15, -0.1) is 0 Å². The molecule has 2 aromatic rings. The highest BCUT2D eigenvalue weighted by Gasteiger charge is 2.31. The fourth-order valence-corrected chi connectivity index (χ4v) is 1.85. The van der Waals surface area contributed by atoms with E-state index in [0.29, 0.717) is 0 Å². The van der Waals surface area contributed by atoms with E-state index in [2.05, 4.69) is 0 Å². The molecular weight excluding hydrogens is 272 g/mol. The molecule has 0 saturated carbocycles. The molecule has 0 aromatic heterocycles. The molecule has 0 aliphatic heterocycles. The number of carbonyl (C=O) groups is 1. The Hall–Kier alpha value is -2.17. The topological polar surface area (TPSA) is 17.1 Å². The first-order valence-electron chi connectivity index (χ1n) is 5.77. The number of hydrogen-bond acceptors (Lipinski definition) is 1. The number of benzene rings is 2. The van der Waals surface area contributed by atoms with Crippen molar-refractivity contribution in [1.29, 1.82) is 0 Å². The summed E-state index contributed by atoms with van der Waals surface area (Å²) in [5, 5.41) is 0. The molecule has 0 spiro atoms. The maximum Gasteiger partial charge on any atom is 0.416 e. The Kier molecular flexibility index (Phi) is 3.61. The van der Waals surface area contributed by atoms with Gasteiger partial charge in [0.05, 0.1) is 5.56 Å². The average molecular weight is 282 g/mol. The van der Waals surface area contributed by atoms with Crippen LogP contribution in [-0.2, 0) is 6.18 Å². The second-order valence-corrected chi connectivity index (χ2v) is 4.36. The number of ketones is 1. The number of halogens is 4. The van der Waals surface area contributed by atoms with E-state index in [1.165, 1.54) is 19.1 Å². The lowest BCUT2D eigenvalue weighted by Crippen LogP contribution is -2.09. The average Bonchev–Trinajstić information content (AvgIpc) is 2.37. The minimum Gasteiger partial charge on any atom is -0.289 e. The largest absolute Gasteiger partial charge is 0.416 e. The Balaban J connectivity index is 2.38. The molecule has 5 heteroatoms. The molecule has 0 fully saturated rings. The highest BCUT2D eigenvalue weighted by atomic mass is 19.4. The van der Waals surface area contributed by atoms with Gasteiger partial charge in [0.2, 0.25) is 0 Å². The monoisotopic (exact) mass is 282 g/mol. The summed E-state index contributed by atoms with van der Waals surface area (Å²) in [6, 6.07) is 7.80. The van der Waals surface area contributed by atoms with Crippen LogP contribution < -0.4 is 0 Å². The Labute approximate surface area is 112 Å². The third-order valence-corrected chi connectivity index (χ3v) is 2.90. The second kappa shape index (κ2) is 5.07. The van der Waals surface area contributed by atoms with Gasteiger partial charge in [-0.2, -0.15) is 13.2 Å². The van der Waals surface area contributed by atoms with Crippen LogP contribution in [0.25, 0.3) is 0 Å². The zero-order valence-corrected chi connectivity index (χ0v) is 10.5. The number of carbonyl (C=O) groups excluding carboxylic acids is 1. The number of hydrogen-bond donors (Lipinski definition) is 0. The summed E-state index contributed by atoms with van der Waals surface area (Å²) in [6.07, 6.45) is -4.44. The van der Waals surface area contributed by atoms with Crippen LogP contribution in [0.4, 0.5) is 17.6 Å². The highest BCUT2D eigenvalue weighted by molar-refractivity contribution is 6.09. The minimum absolute atomic E-state index is 0.171. The van der Waals surface area contributed by atoms with Crippen molar-refractivity contribution in [1.82, 2.24) is 0 Å². The second-order valence-electron chi connectivity index (χ2n) is 4.36. The first-order valence-corrected chi connectivity index (χ1v) is 5.77. The molecule has 20 heavy (non-hydrogen) atoms. The van der Waals surface area contributed by atoms with E-state index in [0.717, 1.165) is 30.3 Å². The highest BCUT2D eigenvalue weighted by Crippen LogP contribution is 2.30. The zero-order valence-electron chi connectivity index (χ0n) is 10.5. The molecule has 0 unspecified atom stereocenters. The van der Waals surface area contributed by atoms with Gasteiger partial charge in [-0.3, -0.25) is 4.79 Å². The summed E-state index contributed by atoms with van der Waals surface area (Å²) in [5.41, 5.74) is -0.168. The molecule has 0 aliphatic carbocycles. The minimum atomic E-state index is -4.44. The maximum atomic E-state index is 12.8. The number of rotatable bonds is 2. The van der Waals surface area contributed by atoms with Gasteiger partial charge in [0.1, 0.15) is 5.82 Å². The van der Waals surface area contributed by atoms with Gasteiger partial charge in [0.15, 0.2) is 5.78 Å². The third-order valence-electron chi connectivity index (χ3n) is 2.90. The predicted octanol–water partition coefficient (Wildman–Crippen LogP) is 4.38. The van der Waals surface area contributed by atoms with Crippen LogP contribution in [0.5, 0.6) is 0 Å². The molecule has 0 aliphatic rings. The van der Waals surface area contributed by atoms with Crippen molar-refractivity contribution in [3.05, 3.63) is 70.5 Å². The molecule has 0 atom stereocenters. The van der Waals surface area contributed by atoms with Crippen molar-refractivity contribution < 1.29 is 22.4 Å². The van der Waals surface area contributed by atoms with Crippen LogP contribution in [0, 0.1) is 12.7 Å². The summed E-state index contributed by atoms with van der Waals surface area (Å²) in [6.45, 7) is 1.44. The molecule has 0 heterocycles. The molecule has 0 radical (unpaired) electrons. The Morgan fingerprint density at radius 3 is 2.10 bits per heavy atom. The number of alkyl halides is 3. The molecule has 2 aromatic carbocycles. The Bertz CT molecular complexity index is 642. The van der Waals surface area contributed by atoms with Gasteiger partial charge in [-0.25, -0.2) is 4.39 Å². The fourth-order valence-electron chi connectivity index (χ4n) is 1.85. The van der Waals surface area contributed by atoms with Crippen LogP contribution in [0.15, 0.2) is 42.5 Å². The van der Waals surface area contributed by atoms with E-state index in [4.69, 9.17) is 0 Å². The summed E-state index contributed by atoms with van der Waals surface area (Å²) in [7, 11) is 0. The normalized spacial score (nSPS) is 11.4. The van der Waals surface area contributed by atoms with E-state index in [1.807, 2.05) is 0 Å². The summed E-state index contributed by atoms with van der Waals surface area (Å²) < 4.78 is 50.4. The predicted molar refractivity (Wildman–Crippen MR) is 66.0 cm³/mol. The smallest absolute Gasteiger partial charge is 0.289 e. The van der Waals surface area contributed by atoms with Crippen molar-refractivity contribution in [2.45, 2.75) is 13.1 Å². The zero-order chi connectivity index (χ0) is 14.9. The van der Waals surface area contributed by atoms with Gasteiger partial charge in [0.25, 0.3) is 0 Å². The fraction of sp³-hybridized carbons (Fsp3) is 0.133. The van der Waals surface area contributed by atoms with Crippen LogP contribution in [0.2, 0.25) is 0 Å². The van der Waals surface area contributed by atoms with E-state index < -0.39 is 23.3 Å². The van der Waals surface area contributed by atoms with E-state index in [1.54, 1.807) is 0 Å². The summed E-state index contributed by atoms with van der Waals surface area (Å²) in [4.78, 5) is 12.1. The van der Waals surface area contributed by atoms with E-state index in [9.17, 15) is 22.4 Å². The SMILES string of the molecule is Cc1cc(C(F)(F)F)ccc1C(=O)c1ccc(F)cc1. The molecule has 0 bridgehead atoms. The van der Waals surface area contributed by atoms with Gasteiger partial charge in [0, 0.05) is 11.1 Å². The van der Waals surface area contributed by atoms with E-state index in [-0.39, 0.29) is 16.7 Å². The van der Waals surface area contributed by atoms with Crippen LogP contribution in [0.1, 0.15) is 27.0 Å². The van der Waals surface area contributed by atoms with Gasteiger partial charge >= 0.3 is 6.18 Å². The number of aryl methyl sites for hydroxylation is 1. The lowest BCUT2D eigenvalue weighted by molar-refractivity contribution is -0.137. The third kappa shape index (κ3) is 2.87. The van der Waals surface area contributed by atoms with E-state index >= 15 is 0 Å². The van der Waals surface area contributed by atoms with Crippen molar-refractivity contribution in [3.8, 4) is 0 Å². The molecule has 1 nitrogen and oxygen atoms in total. The quantitative estimate of drug-likeness (QED) is 0.590. The first kappa shape index (κ1) is 14.2. The molecule has 0 saturated heterocycles.